The summed E-state index contributed by atoms with van der Waals surface area (Å²) in [5.74, 6) is 0.479. The summed E-state index contributed by atoms with van der Waals surface area (Å²) in [6, 6.07) is 20.6. The number of fused-ring (bicyclic) bond motifs is 1. The molecular weight excluding hydrogens is 538 g/mol. The van der Waals surface area contributed by atoms with Crippen molar-refractivity contribution < 1.29 is 4.79 Å². The van der Waals surface area contributed by atoms with Crippen LogP contribution in [0.25, 0.3) is 10.8 Å². The van der Waals surface area contributed by atoms with Gasteiger partial charge in [-0.1, -0.05) is 29.8 Å². The molecule has 0 spiro atoms. The first-order valence-corrected chi connectivity index (χ1v) is 13.2. The molecule has 0 aliphatic heterocycles. The number of aryl methyl sites for hydroxylation is 4. The van der Waals surface area contributed by atoms with E-state index in [0.717, 1.165) is 33.3 Å². The van der Waals surface area contributed by atoms with Crippen molar-refractivity contribution >= 4 is 68.7 Å². The van der Waals surface area contributed by atoms with Crippen molar-refractivity contribution in [1.29, 1.82) is 0 Å². The maximum atomic E-state index is 11.8. The van der Waals surface area contributed by atoms with E-state index in [9.17, 15) is 4.79 Å². The van der Waals surface area contributed by atoms with E-state index in [-0.39, 0.29) is 17.2 Å². The van der Waals surface area contributed by atoms with E-state index in [1.807, 2.05) is 44.2 Å². The van der Waals surface area contributed by atoms with E-state index in [4.69, 9.17) is 17.3 Å². The summed E-state index contributed by atoms with van der Waals surface area (Å²) in [6.07, 6.45) is 0. The standard InChI is InChI=1S/C30H28ClN9O/c1-16-6-5-7-21(12-16)33-29-36-27(31)37-30(38-29)34-22-8-9-24(26(14-22)35-28(32)41)39-40-25-15-23-18(3)10-17(2)11-20(23)13-19(25)4/h5-15H,1-4H3,(H3,32,35,41)(H2,33,34,36,37,38). The minimum absolute atomic E-state index is 0.00899. The molecule has 206 valence electrons. The molecule has 5 N–H and O–H groups in total. The van der Waals surface area contributed by atoms with Crippen LogP contribution in [0.4, 0.5) is 45.1 Å². The highest BCUT2D eigenvalue weighted by Crippen LogP contribution is 2.34. The number of carbonyl (C=O) groups excluding carboxylic acids is 1. The maximum absolute atomic E-state index is 11.8. The molecule has 0 unspecified atom stereocenters. The molecule has 1 aromatic heterocycles. The maximum Gasteiger partial charge on any atom is 0.316 e. The lowest BCUT2D eigenvalue weighted by Gasteiger charge is -2.11. The Morgan fingerprint density at radius 2 is 1.46 bits per heavy atom. The largest absolute Gasteiger partial charge is 0.351 e. The third kappa shape index (κ3) is 6.74. The Labute approximate surface area is 242 Å². The lowest BCUT2D eigenvalue weighted by Crippen LogP contribution is -2.19. The normalized spacial score (nSPS) is 11.1. The fourth-order valence-corrected chi connectivity index (χ4v) is 4.64. The number of amides is 2. The van der Waals surface area contributed by atoms with Crippen LogP contribution in [0.1, 0.15) is 22.3 Å². The van der Waals surface area contributed by atoms with Crippen LogP contribution in [0, 0.1) is 27.7 Å². The summed E-state index contributed by atoms with van der Waals surface area (Å²) in [4.78, 5) is 24.5. The minimum atomic E-state index is -0.737. The molecule has 0 aliphatic carbocycles. The number of nitrogens with zero attached hydrogens (tertiary/aromatic N) is 5. The number of halogens is 1. The molecule has 0 fully saturated rings. The summed E-state index contributed by atoms with van der Waals surface area (Å²) in [5, 5.41) is 20.0. The summed E-state index contributed by atoms with van der Waals surface area (Å²) in [6.45, 7) is 8.14. The highest BCUT2D eigenvalue weighted by atomic mass is 35.5. The number of benzene rings is 4. The van der Waals surface area contributed by atoms with Gasteiger partial charge in [-0.2, -0.15) is 20.1 Å². The third-order valence-corrected chi connectivity index (χ3v) is 6.45. The first-order chi connectivity index (χ1) is 19.6. The Bertz CT molecular complexity index is 1820. The molecule has 2 amide bonds. The van der Waals surface area contributed by atoms with Crippen molar-refractivity contribution in [2.75, 3.05) is 16.0 Å². The van der Waals surface area contributed by atoms with Gasteiger partial charge in [0.25, 0.3) is 0 Å². The first-order valence-electron chi connectivity index (χ1n) is 12.8. The monoisotopic (exact) mass is 565 g/mol. The number of carbonyl (C=O) groups is 1. The molecule has 5 aromatic rings. The molecule has 11 heteroatoms. The summed E-state index contributed by atoms with van der Waals surface area (Å²) >= 11 is 6.16. The van der Waals surface area contributed by atoms with Gasteiger partial charge >= 0.3 is 6.03 Å². The van der Waals surface area contributed by atoms with Gasteiger partial charge in [0.05, 0.1) is 11.4 Å². The number of aromatic nitrogens is 3. The number of urea groups is 1. The zero-order valence-electron chi connectivity index (χ0n) is 23.0. The van der Waals surface area contributed by atoms with Crippen molar-refractivity contribution in [3.8, 4) is 0 Å². The number of primary amides is 1. The molecule has 0 saturated carbocycles. The second kappa shape index (κ2) is 11.6. The lowest BCUT2D eigenvalue weighted by atomic mass is 9.99. The highest BCUT2D eigenvalue weighted by Gasteiger charge is 2.11. The SMILES string of the molecule is Cc1cccc(Nc2nc(Cl)nc(Nc3ccc(N=Nc4cc5c(C)cc(C)cc5cc4C)c(NC(N)=O)c3)n2)c1. The summed E-state index contributed by atoms with van der Waals surface area (Å²) in [5.41, 5.74) is 12.8. The first kappa shape index (κ1) is 27.5. The van der Waals surface area contributed by atoms with Gasteiger partial charge in [-0.15, -0.1) is 5.11 Å². The Morgan fingerprint density at radius 3 is 2.17 bits per heavy atom. The van der Waals surface area contributed by atoms with Gasteiger partial charge in [0.1, 0.15) is 5.69 Å². The van der Waals surface area contributed by atoms with Crippen LogP contribution in [0.2, 0.25) is 5.28 Å². The molecule has 1 heterocycles. The molecule has 0 atom stereocenters. The fourth-order valence-electron chi connectivity index (χ4n) is 4.48. The molecular formula is C30H28ClN9O. The van der Waals surface area contributed by atoms with Crippen molar-refractivity contribution in [1.82, 2.24) is 15.0 Å². The van der Waals surface area contributed by atoms with Crippen molar-refractivity contribution in [2.45, 2.75) is 27.7 Å². The van der Waals surface area contributed by atoms with Gasteiger partial charge in [0.2, 0.25) is 17.2 Å². The average Bonchev–Trinajstić information content (AvgIpc) is 2.88. The van der Waals surface area contributed by atoms with Crippen molar-refractivity contribution in [2.24, 2.45) is 16.0 Å². The number of anilines is 5. The zero-order chi connectivity index (χ0) is 29.1. The van der Waals surface area contributed by atoms with E-state index in [2.05, 4.69) is 73.2 Å². The van der Waals surface area contributed by atoms with Crippen LogP contribution < -0.4 is 21.7 Å². The number of nitrogens with two attached hydrogens (primary N) is 1. The van der Waals surface area contributed by atoms with E-state index in [1.165, 1.54) is 11.1 Å². The Kier molecular flexibility index (Phi) is 7.75. The number of rotatable bonds is 7. The van der Waals surface area contributed by atoms with Crippen LogP contribution in [0.5, 0.6) is 0 Å². The van der Waals surface area contributed by atoms with Gasteiger partial charge in [0, 0.05) is 11.4 Å². The lowest BCUT2D eigenvalue weighted by molar-refractivity contribution is 0.259. The van der Waals surface area contributed by atoms with Gasteiger partial charge in [-0.25, -0.2) is 4.79 Å². The molecule has 0 saturated heterocycles. The second-order valence-electron chi connectivity index (χ2n) is 9.73. The van der Waals surface area contributed by atoms with Crippen LogP contribution in [-0.4, -0.2) is 21.0 Å². The minimum Gasteiger partial charge on any atom is -0.351 e. The summed E-state index contributed by atoms with van der Waals surface area (Å²) < 4.78 is 0. The molecule has 0 bridgehead atoms. The predicted molar refractivity (Wildman–Crippen MR) is 165 cm³/mol. The van der Waals surface area contributed by atoms with Gasteiger partial charge < -0.3 is 21.7 Å². The topological polar surface area (TPSA) is 143 Å². The van der Waals surface area contributed by atoms with E-state index in [0.29, 0.717) is 17.1 Å². The fraction of sp³-hybridized carbons (Fsp3) is 0.133. The molecule has 4 aromatic carbocycles. The molecule has 0 aliphatic rings. The highest BCUT2D eigenvalue weighted by molar-refractivity contribution is 6.28. The van der Waals surface area contributed by atoms with Gasteiger partial charge in [-0.05, 0) is 109 Å². The van der Waals surface area contributed by atoms with Crippen LogP contribution in [0.3, 0.4) is 0 Å². The van der Waals surface area contributed by atoms with Gasteiger partial charge in [-0.3, -0.25) is 0 Å². The molecule has 41 heavy (non-hydrogen) atoms. The third-order valence-electron chi connectivity index (χ3n) is 6.28. The smallest absolute Gasteiger partial charge is 0.316 e. The molecule has 10 nitrogen and oxygen atoms in total. The molecule has 0 radical (unpaired) electrons. The Hall–Kier alpha value is -5.09. The van der Waals surface area contributed by atoms with E-state index < -0.39 is 6.03 Å². The van der Waals surface area contributed by atoms with E-state index in [1.54, 1.807) is 18.2 Å². The summed E-state index contributed by atoms with van der Waals surface area (Å²) in [7, 11) is 0. The predicted octanol–water partition coefficient (Wildman–Crippen LogP) is 8.31. The number of hydrogen-bond acceptors (Lipinski definition) is 8. The quantitative estimate of drug-likeness (QED) is 0.146. The Morgan fingerprint density at radius 1 is 0.756 bits per heavy atom. The van der Waals surface area contributed by atoms with Crippen LogP contribution >= 0.6 is 11.6 Å². The average molecular weight is 566 g/mol. The van der Waals surface area contributed by atoms with Gasteiger partial charge in [0.15, 0.2) is 0 Å². The van der Waals surface area contributed by atoms with Crippen LogP contribution in [0.15, 0.2) is 77.0 Å². The van der Waals surface area contributed by atoms with Crippen molar-refractivity contribution in [3.63, 3.8) is 0 Å². The van der Waals surface area contributed by atoms with Crippen LogP contribution in [-0.2, 0) is 0 Å². The number of azo groups is 1. The Balaban J connectivity index is 1.42. The number of hydrogen-bond donors (Lipinski definition) is 4. The van der Waals surface area contributed by atoms with Crippen molar-refractivity contribution in [3.05, 3.63) is 94.3 Å². The van der Waals surface area contributed by atoms with E-state index >= 15 is 0 Å². The number of nitrogens with one attached hydrogen (secondary N) is 3. The second-order valence-corrected chi connectivity index (χ2v) is 10.1. The molecule has 5 rings (SSSR count). The zero-order valence-corrected chi connectivity index (χ0v) is 23.7.